The number of amides is 4. The average Bonchev–Trinajstić information content (AvgIpc) is 2.81. The van der Waals surface area contributed by atoms with Crippen molar-refractivity contribution in [3.8, 4) is 0 Å². The number of nitrogens with zero attached hydrogens (tertiary/aromatic N) is 2. The first-order valence-electron chi connectivity index (χ1n) is 7.82. The van der Waals surface area contributed by atoms with Gasteiger partial charge in [-0.25, -0.2) is 9.69 Å². The van der Waals surface area contributed by atoms with E-state index >= 15 is 0 Å². The van der Waals surface area contributed by atoms with E-state index in [0.29, 0.717) is 17.8 Å². The van der Waals surface area contributed by atoms with Gasteiger partial charge in [0.05, 0.1) is 11.3 Å². The summed E-state index contributed by atoms with van der Waals surface area (Å²) in [5, 5.41) is 5.43. The van der Waals surface area contributed by atoms with E-state index in [1.807, 2.05) is 0 Å². The Morgan fingerprint density at radius 2 is 1.92 bits per heavy atom. The standard InChI is InChI=1S/C18H18N4O3/c1-18(2)16(24)22(17(25)21-18)14-7-5-12(6-8-14)10-20-15(23)13-4-3-9-19-11-13/h3-9,11H,10H2,1-2H3,(H,20,23)(H,21,25). The fourth-order valence-corrected chi connectivity index (χ4v) is 2.53. The Morgan fingerprint density at radius 3 is 2.48 bits per heavy atom. The van der Waals surface area contributed by atoms with Crippen LogP contribution in [0.15, 0.2) is 48.8 Å². The van der Waals surface area contributed by atoms with Crippen LogP contribution in [-0.4, -0.2) is 28.4 Å². The number of pyridine rings is 1. The first kappa shape index (κ1) is 16.6. The second-order valence-electron chi connectivity index (χ2n) is 6.29. The largest absolute Gasteiger partial charge is 0.348 e. The van der Waals surface area contributed by atoms with Gasteiger partial charge in [0.1, 0.15) is 5.54 Å². The minimum Gasteiger partial charge on any atom is -0.348 e. The Hall–Kier alpha value is -3.22. The highest BCUT2D eigenvalue weighted by molar-refractivity contribution is 6.23. The molecule has 1 aromatic carbocycles. The molecule has 0 unspecified atom stereocenters. The van der Waals surface area contributed by atoms with Crippen LogP contribution in [0.3, 0.4) is 0 Å². The van der Waals surface area contributed by atoms with Crippen LogP contribution in [-0.2, 0) is 11.3 Å². The van der Waals surface area contributed by atoms with Crippen molar-refractivity contribution in [2.24, 2.45) is 0 Å². The smallest absolute Gasteiger partial charge is 0.329 e. The maximum atomic E-state index is 12.3. The summed E-state index contributed by atoms with van der Waals surface area (Å²) < 4.78 is 0. The zero-order valence-electron chi connectivity index (χ0n) is 13.9. The molecule has 0 spiro atoms. The van der Waals surface area contributed by atoms with E-state index in [1.54, 1.807) is 56.4 Å². The van der Waals surface area contributed by atoms with Gasteiger partial charge in [0.15, 0.2) is 0 Å². The number of rotatable bonds is 4. The van der Waals surface area contributed by atoms with Crippen LogP contribution in [0.5, 0.6) is 0 Å². The lowest BCUT2D eigenvalue weighted by Gasteiger charge is -2.16. The van der Waals surface area contributed by atoms with E-state index in [1.165, 1.54) is 6.20 Å². The van der Waals surface area contributed by atoms with Crippen molar-refractivity contribution in [3.63, 3.8) is 0 Å². The minimum absolute atomic E-state index is 0.215. The average molecular weight is 338 g/mol. The molecule has 2 heterocycles. The Kier molecular flexibility index (Phi) is 4.22. The zero-order chi connectivity index (χ0) is 18.0. The fourth-order valence-electron chi connectivity index (χ4n) is 2.53. The molecule has 4 amide bonds. The normalized spacial score (nSPS) is 15.8. The summed E-state index contributed by atoms with van der Waals surface area (Å²) in [7, 11) is 0. The maximum Gasteiger partial charge on any atom is 0.329 e. The molecule has 7 heteroatoms. The van der Waals surface area contributed by atoms with Crippen LogP contribution in [0.4, 0.5) is 10.5 Å². The van der Waals surface area contributed by atoms with E-state index < -0.39 is 11.6 Å². The lowest BCUT2D eigenvalue weighted by Crippen LogP contribution is -2.40. The third-order valence-electron chi connectivity index (χ3n) is 3.93. The number of aromatic nitrogens is 1. The van der Waals surface area contributed by atoms with E-state index in [9.17, 15) is 14.4 Å². The molecular weight excluding hydrogens is 320 g/mol. The minimum atomic E-state index is -0.909. The lowest BCUT2D eigenvalue weighted by molar-refractivity contribution is -0.121. The molecule has 7 nitrogen and oxygen atoms in total. The van der Waals surface area contributed by atoms with Gasteiger partial charge in [0.2, 0.25) is 0 Å². The number of benzene rings is 1. The topological polar surface area (TPSA) is 91.4 Å². The summed E-state index contributed by atoms with van der Waals surface area (Å²) in [6.45, 7) is 3.66. The van der Waals surface area contributed by atoms with E-state index in [-0.39, 0.29) is 11.8 Å². The third-order valence-corrected chi connectivity index (χ3v) is 3.93. The summed E-state index contributed by atoms with van der Waals surface area (Å²) in [6, 6.07) is 9.85. The monoisotopic (exact) mass is 338 g/mol. The molecule has 2 N–H and O–H groups in total. The molecule has 1 saturated heterocycles. The molecule has 3 rings (SSSR count). The highest BCUT2D eigenvalue weighted by Crippen LogP contribution is 2.24. The van der Waals surface area contributed by atoms with Gasteiger partial charge < -0.3 is 10.6 Å². The summed E-state index contributed by atoms with van der Waals surface area (Å²) in [5.74, 6) is -0.511. The number of carbonyl (C=O) groups is 3. The Labute approximate surface area is 145 Å². The highest BCUT2D eigenvalue weighted by atomic mass is 16.2. The Balaban J connectivity index is 1.66. The van der Waals surface area contributed by atoms with Crippen LogP contribution in [0.1, 0.15) is 29.8 Å². The molecule has 25 heavy (non-hydrogen) atoms. The van der Waals surface area contributed by atoms with Crippen molar-refractivity contribution in [2.45, 2.75) is 25.9 Å². The molecule has 2 aromatic rings. The fraction of sp³-hybridized carbons (Fsp3) is 0.222. The zero-order valence-corrected chi connectivity index (χ0v) is 13.9. The second-order valence-corrected chi connectivity index (χ2v) is 6.29. The molecule has 1 aliphatic rings. The maximum absolute atomic E-state index is 12.3. The summed E-state index contributed by atoms with van der Waals surface area (Å²) in [4.78, 5) is 41.3. The van der Waals surface area contributed by atoms with Gasteiger partial charge in [-0.1, -0.05) is 12.1 Å². The quantitative estimate of drug-likeness (QED) is 0.832. The molecular formula is C18H18N4O3. The van der Waals surface area contributed by atoms with Gasteiger partial charge in [-0.15, -0.1) is 0 Å². The first-order valence-corrected chi connectivity index (χ1v) is 7.82. The number of carbonyl (C=O) groups excluding carboxylic acids is 3. The van der Waals surface area contributed by atoms with Gasteiger partial charge in [0.25, 0.3) is 11.8 Å². The van der Waals surface area contributed by atoms with Crippen LogP contribution in [0, 0.1) is 0 Å². The number of anilines is 1. The second kappa shape index (κ2) is 6.35. The third kappa shape index (κ3) is 3.35. The number of nitrogens with one attached hydrogen (secondary N) is 2. The Bertz CT molecular complexity index is 816. The number of imide groups is 1. The van der Waals surface area contributed by atoms with Crippen molar-refractivity contribution in [1.29, 1.82) is 0 Å². The summed E-state index contributed by atoms with van der Waals surface area (Å²) >= 11 is 0. The van der Waals surface area contributed by atoms with Crippen molar-refractivity contribution < 1.29 is 14.4 Å². The predicted octanol–water partition coefficient (Wildman–Crippen LogP) is 1.85. The molecule has 1 aromatic heterocycles. The molecule has 1 aliphatic heterocycles. The molecule has 0 saturated carbocycles. The number of urea groups is 1. The molecule has 0 radical (unpaired) electrons. The van der Waals surface area contributed by atoms with Crippen LogP contribution in [0.25, 0.3) is 0 Å². The molecule has 0 aliphatic carbocycles. The van der Waals surface area contributed by atoms with Crippen molar-refractivity contribution in [2.75, 3.05) is 4.90 Å². The summed E-state index contributed by atoms with van der Waals surface area (Å²) in [5.41, 5.74) is 0.927. The van der Waals surface area contributed by atoms with Crippen molar-refractivity contribution in [1.82, 2.24) is 15.6 Å². The van der Waals surface area contributed by atoms with E-state index in [0.717, 1.165) is 10.5 Å². The highest BCUT2D eigenvalue weighted by Gasteiger charge is 2.44. The van der Waals surface area contributed by atoms with Gasteiger partial charge >= 0.3 is 6.03 Å². The summed E-state index contributed by atoms with van der Waals surface area (Å²) in [6.07, 6.45) is 3.10. The molecule has 128 valence electrons. The Morgan fingerprint density at radius 1 is 1.20 bits per heavy atom. The number of hydrogen-bond donors (Lipinski definition) is 2. The van der Waals surface area contributed by atoms with Crippen molar-refractivity contribution in [3.05, 3.63) is 59.9 Å². The van der Waals surface area contributed by atoms with Crippen molar-refractivity contribution >= 4 is 23.5 Å². The van der Waals surface area contributed by atoms with Gasteiger partial charge in [0, 0.05) is 18.9 Å². The first-order chi connectivity index (χ1) is 11.9. The number of hydrogen-bond acceptors (Lipinski definition) is 4. The molecule has 0 atom stereocenters. The molecule has 0 bridgehead atoms. The van der Waals surface area contributed by atoms with Crippen LogP contribution in [0.2, 0.25) is 0 Å². The van der Waals surface area contributed by atoms with E-state index in [2.05, 4.69) is 15.6 Å². The van der Waals surface area contributed by atoms with Crippen LogP contribution >= 0.6 is 0 Å². The molecule has 1 fully saturated rings. The van der Waals surface area contributed by atoms with Gasteiger partial charge in [-0.05, 0) is 43.7 Å². The van der Waals surface area contributed by atoms with E-state index in [4.69, 9.17) is 0 Å². The predicted molar refractivity (Wildman–Crippen MR) is 91.9 cm³/mol. The lowest BCUT2D eigenvalue weighted by atomic mass is 10.1. The van der Waals surface area contributed by atoms with Gasteiger partial charge in [-0.3, -0.25) is 14.6 Å². The SMILES string of the molecule is CC1(C)NC(=O)N(c2ccc(CNC(=O)c3cccnc3)cc2)C1=O. The van der Waals surface area contributed by atoms with Gasteiger partial charge in [-0.2, -0.15) is 0 Å². The van der Waals surface area contributed by atoms with Crippen LogP contribution < -0.4 is 15.5 Å².